The van der Waals surface area contributed by atoms with Crippen LogP contribution < -0.4 is 0 Å². The van der Waals surface area contributed by atoms with Gasteiger partial charge < -0.3 is 14.2 Å². The Morgan fingerprint density at radius 2 is 1.84 bits per heavy atom. The van der Waals surface area contributed by atoms with Gasteiger partial charge in [0.1, 0.15) is 6.10 Å². The van der Waals surface area contributed by atoms with Crippen LogP contribution in [0.1, 0.15) is 51.5 Å². The Bertz CT molecular complexity index is 797. The third-order valence-electron chi connectivity index (χ3n) is 4.85. The van der Waals surface area contributed by atoms with E-state index in [1.807, 2.05) is 13.8 Å². The number of nitro groups is 1. The number of methoxy groups -OCH3 is 2. The maximum absolute atomic E-state index is 12.5. The Hall–Kier alpha value is -2.94. The molecule has 1 aromatic carbocycles. The summed E-state index contributed by atoms with van der Waals surface area (Å²) in [5, 5.41) is 14.6. The summed E-state index contributed by atoms with van der Waals surface area (Å²) in [6.07, 6.45) is 3.97. The summed E-state index contributed by atoms with van der Waals surface area (Å²) in [4.78, 5) is 25.7. The molecule has 32 heavy (non-hydrogen) atoms. The second kappa shape index (κ2) is 15.0. The Morgan fingerprint density at radius 3 is 2.38 bits per heavy atom. The van der Waals surface area contributed by atoms with Crippen molar-refractivity contribution < 1.29 is 23.9 Å². The van der Waals surface area contributed by atoms with Crippen LogP contribution in [0.5, 0.6) is 0 Å². The quantitative estimate of drug-likeness (QED) is 0.0524. The fourth-order valence-electron chi connectivity index (χ4n) is 3.17. The van der Waals surface area contributed by atoms with E-state index in [-0.39, 0.29) is 18.2 Å². The molecule has 0 amide bonds. The number of esters is 1. The van der Waals surface area contributed by atoms with Gasteiger partial charge >= 0.3 is 5.97 Å². The molecule has 0 fully saturated rings. The average molecular weight is 449 g/mol. The largest absolute Gasteiger partial charge is 0.462 e. The van der Waals surface area contributed by atoms with Gasteiger partial charge in [-0.05, 0) is 57.0 Å². The van der Waals surface area contributed by atoms with E-state index in [4.69, 9.17) is 19.7 Å². The molecule has 0 spiro atoms. The molecule has 0 aliphatic carbocycles. The summed E-state index contributed by atoms with van der Waals surface area (Å²) >= 11 is 0. The van der Waals surface area contributed by atoms with E-state index in [0.29, 0.717) is 31.2 Å². The van der Waals surface area contributed by atoms with Crippen LogP contribution in [0.15, 0.2) is 41.0 Å². The number of benzene rings is 1. The number of hydrogen-bond acceptors (Lipinski definition) is 7. The summed E-state index contributed by atoms with van der Waals surface area (Å²) in [7, 11) is 3.08. The highest BCUT2D eigenvalue weighted by Gasteiger charge is 2.21. The van der Waals surface area contributed by atoms with Crippen LogP contribution in [0, 0.1) is 10.1 Å². The monoisotopic (exact) mass is 448 g/mol. The van der Waals surface area contributed by atoms with Crippen molar-refractivity contribution in [1.82, 2.24) is 0 Å². The Labute approximate surface area is 188 Å². The number of carbonyl (C=O) groups is 1. The maximum Gasteiger partial charge on any atom is 0.310 e. The standard InChI is InChI=1S/C22H32N4O6/c1-16(2)6-5-7-20(15-18(24-25-23)10-13-22(30-3)31-4)32-21(27)14-17-8-11-19(12-9-17)26(28)29/h6,8-9,11-12,18,20,22H,5,7,10,13-15H2,1-4H3/t18-,20-/m0/s1. The highest BCUT2D eigenvalue weighted by atomic mass is 16.7. The zero-order chi connectivity index (χ0) is 23.9. The van der Waals surface area contributed by atoms with Gasteiger partial charge in [-0.1, -0.05) is 28.9 Å². The van der Waals surface area contributed by atoms with Crippen molar-refractivity contribution in [2.45, 2.75) is 70.8 Å². The van der Waals surface area contributed by atoms with Crippen molar-refractivity contribution in [1.29, 1.82) is 0 Å². The molecule has 10 nitrogen and oxygen atoms in total. The molecule has 10 heteroatoms. The molecule has 176 valence electrons. The van der Waals surface area contributed by atoms with Crippen molar-refractivity contribution in [3.05, 3.63) is 62.0 Å². The van der Waals surface area contributed by atoms with Gasteiger partial charge in [0, 0.05) is 37.3 Å². The molecule has 0 bridgehead atoms. The molecule has 1 aromatic rings. The Morgan fingerprint density at radius 1 is 1.19 bits per heavy atom. The minimum atomic E-state index is -0.491. The predicted octanol–water partition coefficient (Wildman–Crippen LogP) is 5.26. The molecule has 0 unspecified atom stereocenters. The van der Waals surface area contributed by atoms with Crippen molar-refractivity contribution in [2.24, 2.45) is 5.11 Å². The van der Waals surface area contributed by atoms with Gasteiger partial charge in [-0.25, -0.2) is 0 Å². The summed E-state index contributed by atoms with van der Waals surface area (Å²) < 4.78 is 16.1. The minimum Gasteiger partial charge on any atom is -0.462 e. The lowest BCUT2D eigenvalue weighted by molar-refractivity contribution is -0.384. The molecule has 0 N–H and O–H groups in total. The van der Waals surface area contributed by atoms with Gasteiger partial charge in [-0.2, -0.15) is 0 Å². The lowest BCUT2D eigenvalue weighted by atomic mass is 10.0. The number of allylic oxidation sites excluding steroid dienone is 2. The highest BCUT2D eigenvalue weighted by Crippen LogP contribution is 2.20. The highest BCUT2D eigenvalue weighted by molar-refractivity contribution is 5.72. The summed E-state index contributed by atoms with van der Waals surface area (Å²) in [6, 6.07) is 5.41. The molecular weight excluding hydrogens is 416 g/mol. The smallest absolute Gasteiger partial charge is 0.310 e. The first-order chi connectivity index (χ1) is 15.3. The summed E-state index contributed by atoms with van der Waals surface area (Å²) in [5.74, 6) is -0.438. The van der Waals surface area contributed by atoms with Crippen LogP contribution in [-0.4, -0.2) is 43.5 Å². The minimum absolute atomic E-state index is 0.00124. The number of rotatable bonds is 15. The molecule has 0 saturated carbocycles. The summed E-state index contributed by atoms with van der Waals surface area (Å²) in [6.45, 7) is 3.99. The SMILES string of the molecule is COC(CC[C@@H](C[C@H](CCC=C(C)C)OC(=O)Cc1ccc([N+](=O)[O-])cc1)N=[N+]=[N-])OC. The van der Waals surface area contributed by atoms with Crippen LogP contribution >= 0.6 is 0 Å². The van der Waals surface area contributed by atoms with Gasteiger partial charge in [0.05, 0.1) is 11.3 Å². The number of ether oxygens (including phenoxy) is 3. The van der Waals surface area contributed by atoms with E-state index in [2.05, 4.69) is 16.1 Å². The normalized spacial score (nSPS) is 12.5. The van der Waals surface area contributed by atoms with Gasteiger partial charge in [-0.15, -0.1) is 0 Å². The van der Waals surface area contributed by atoms with E-state index in [0.717, 1.165) is 12.0 Å². The van der Waals surface area contributed by atoms with Crippen molar-refractivity contribution in [3.8, 4) is 0 Å². The van der Waals surface area contributed by atoms with Crippen molar-refractivity contribution >= 4 is 11.7 Å². The van der Waals surface area contributed by atoms with Crippen molar-refractivity contribution in [3.63, 3.8) is 0 Å². The fourth-order valence-corrected chi connectivity index (χ4v) is 3.17. The van der Waals surface area contributed by atoms with Crippen LogP contribution in [-0.2, 0) is 25.4 Å². The third kappa shape index (κ3) is 10.9. The van der Waals surface area contributed by atoms with Crippen LogP contribution in [0.25, 0.3) is 10.4 Å². The number of hydrogen-bond donors (Lipinski definition) is 0. The molecule has 0 aliphatic heterocycles. The van der Waals surface area contributed by atoms with Crippen LogP contribution in [0.4, 0.5) is 5.69 Å². The maximum atomic E-state index is 12.5. The second-order valence-corrected chi connectivity index (χ2v) is 7.64. The van der Waals surface area contributed by atoms with Gasteiger partial charge in [0.2, 0.25) is 0 Å². The predicted molar refractivity (Wildman–Crippen MR) is 120 cm³/mol. The number of nitrogens with zero attached hydrogens (tertiary/aromatic N) is 4. The van der Waals surface area contributed by atoms with E-state index >= 15 is 0 Å². The van der Waals surface area contributed by atoms with E-state index in [1.165, 1.54) is 24.3 Å². The van der Waals surface area contributed by atoms with Crippen LogP contribution in [0.3, 0.4) is 0 Å². The van der Waals surface area contributed by atoms with E-state index in [9.17, 15) is 14.9 Å². The molecular formula is C22H32N4O6. The Balaban J connectivity index is 2.81. The molecule has 0 aliphatic rings. The van der Waals surface area contributed by atoms with E-state index < -0.39 is 23.3 Å². The molecule has 0 heterocycles. The number of carbonyl (C=O) groups excluding carboxylic acids is 1. The molecule has 0 saturated heterocycles. The summed E-state index contributed by atoms with van der Waals surface area (Å²) in [5.41, 5.74) is 10.7. The molecule has 1 rings (SSSR count). The molecule has 2 atom stereocenters. The first kappa shape index (κ1) is 27.1. The second-order valence-electron chi connectivity index (χ2n) is 7.64. The zero-order valence-electron chi connectivity index (χ0n) is 19.1. The number of non-ortho nitro benzene ring substituents is 1. The van der Waals surface area contributed by atoms with Gasteiger partial charge in [0.15, 0.2) is 6.29 Å². The first-order valence-electron chi connectivity index (χ1n) is 10.4. The van der Waals surface area contributed by atoms with Gasteiger partial charge in [-0.3, -0.25) is 14.9 Å². The van der Waals surface area contributed by atoms with Gasteiger partial charge in [0.25, 0.3) is 5.69 Å². The molecule has 0 radical (unpaired) electrons. The fraction of sp³-hybridized carbons (Fsp3) is 0.591. The zero-order valence-corrected chi connectivity index (χ0v) is 19.1. The number of azide groups is 1. The lowest BCUT2D eigenvalue weighted by Crippen LogP contribution is -2.25. The first-order valence-corrected chi connectivity index (χ1v) is 10.4. The average Bonchev–Trinajstić information content (AvgIpc) is 2.74. The number of nitro benzene ring substituents is 1. The third-order valence-corrected chi connectivity index (χ3v) is 4.85. The van der Waals surface area contributed by atoms with E-state index in [1.54, 1.807) is 14.2 Å². The molecule has 0 aromatic heterocycles. The lowest BCUT2D eigenvalue weighted by Gasteiger charge is -2.22. The van der Waals surface area contributed by atoms with Crippen LogP contribution in [0.2, 0.25) is 0 Å². The Kier molecular flexibility index (Phi) is 12.7. The topological polar surface area (TPSA) is 137 Å². The van der Waals surface area contributed by atoms with Crippen molar-refractivity contribution in [2.75, 3.05) is 14.2 Å².